The number of hydrogen-bond acceptors (Lipinski definition) is 6. The van der Waals surface area contributed by atoms with Crippen LogP contribution < -0.4 is 4.74 Å². The van der Waals surface area contributed by atoms with Crippen LogP contribution in [0.3, 0.4) is 0 Å². The fourth-order valence-electron chi connectivity index (χ4n) is 2.12. The maximum Gasteiger partial charge on any atom is 0.419 e. The van der Waals surface area contributed by atoms with Gasteiger partial charge in [0.15, 0.2) is 6.29 Å². The molecule has 140 valence electrons. The second-order valence-electron chi connectivity index (χ2n) is 5.53. The molecule has 0 heterocycles. The second kappa shape index (κ2) is 10.6. The van der Waals surface area contributed by atoms with Crippen molar-refractivity contribution in [3.05, 3.63) is 29.8 Å². The molecular formula is C18H27NO6. The zero-order chi connectivity index (χ0) is 18.8. The van der Waals surface area contributed by atoms with E-state index in [2.05, 4.69) is 23.3 Å². The average Bonchev–Trinajstić information content (AvgIpc) is 2.64. The van der Waals surface area contributed by atoms with Gasteiger partial charge in [-0.25, -0.2) is 14.5 Å². The highest BCUT2D eigenvalue weighted by Crippen LogP contribution is 2.22. The number of methoxy groups -OCH3 is 2. The molecule has 0 aliphatic heterocycles. The fourth-order valence-corrected chi connectivity index (χ4v) is 2.12. The van der Waals surface area contributed by atoms with Crippen molar-refractivity contribution >= 4 is 12.2 Å². The van der Waals surface area contributed by atoms with Crippen LogP contribution in [0.1, 0.15) is 38.7 Å². The van der Waals surface area contributed by atoms with Gasteiger partial charge in [0.25, 0.3) is 0 Å². The van der Waals surface area contributed by atoms with E-state index in [4.69, 9.17) is 9.47 Å². The first kappa shape index (κ1) is 20.8. The van der Waals surface area contributed by atoms with Crippen molar-refractivity contribution in [1.82, 2.24) is 4.90 Å². The minimum atomic E-state index is -0.801. The van der Waals surface area contributed by atoms with Crippen molar-refractivity contribution in [2.75, 3.05) is 27.4 Å². The van der Waals surface area contributed by atoms with E-state index < -0.39 is 18.5 Å². The van der Waals surface area contributed by atoms with Gasteiger partial charge in [0.2, 0.25) is 0 Å². The van der Waals surface area contributed by atoms with E-state index in [0.717, 1.165) is 11.3 Å². The van der Waals surface area contributed by atoms with E-state index >= 15 is 0 Å². The van der Waals surface area contributed by atoms with Gasteiger partial charge < -0.3 is 18.9 Å². The maximum atomic E-state index is 11.5. The molecule has 1 rings (SSSR count). The largest absolute Gasteiger partial charge is 0.465 e. The predicted octanol–water partition coefficient (Wildman–Crippen LogP) is 3.78. The molecular weight excluding hydrogens is 326 g/mol. The highest BCUT2D eigenvalue weighted by Gasteiger charge is 2.22. The molecule has 2 atom stereocenters. The zero-order valence-corrected chi connectivity index (χ0v) is 15.5. The van der Waals surface area contributed by atoms with Gasteiger partial charge in [0, 0.05) is 0 Å². The lowest BCUT2D eigenvalue weighted by molar-refractivity contribution is -0.0700. The van der Waals surface area contributed by atoms with Crippen molar-refractivity contribution in [1.29, 1.82) is 0 Å². The lowest BCUT2D eigenvalue weighted by Crippen LogP contribution is -2.39. The highest BCUT2D eigenvalue weighted by atomic mass is 16.7. The highest BCUT2D eigenvalue weighted by molar-refractivity contribution is 5.87. The third-order valence-electron chi connectivity index (χ3n) is 3.82. The number of nitrogens with zero attached hydrogens (tertiary/aromatic N) is 1. The summed E-state index contributed by atoms with van der Waals surface area (Å²) in [5, 5.41) is 0. The number of benzene rings is 1. The molecule has 2 amide bonds. The van der Waals surface area contributed by atoms with Crippen LogP contribution in [0.15, 0.2) is 24.3 Å². The average molecular weight is 353 g/mol. The third kappa shape index (κ3) is 6.62. The topological polar surface area (TPSA) is 74.3 Å². The van der Waals surface area contributed by atoms with Crippen molar-refractivity contribution in [2.45, 2.75) is 39.4 Å². The molecule has 1 aromatic carbocycles. The molecule has 0 saturated heterocycles. The van der Waals surface area contributed by atoms with Gasteiger partial charge in [0.1, 0.15) is 5.75 Å². The monoisotopic (exact) mass is 353 g/mol. The lowest BCUT2D eigenvalue weighted by Gasteiger charge is -2.20. The Morgan fingerprint density at radius 1 is 1.04 bits per heavy atom. The number of amides is 2. The van der Waals surface area contributed by atoms with Crippen molar-refractivity contribution in [3.8, 4) is 5.75 Å². The van der Waals surface area contributed by atoms with Gasteiger partial charge in [-0.2, -0.15) is 0 Å². The van der Waals surface area contributed by atoms with E-state index in [0.29, 0.717) is 11.7 Å². The van der Waals surface area contributed by atoms with E-state index in [1.165, 1.54) is 19.8 Å². The van der Waals surface area contributed by atoms with Crippen LogP contribution in [-0.4, -0.2) is 50.7 Å². The number of carbonyl (C=O) groups excluding carboxylic acids is 2. The first-order valence-corrected chi connectivity index (χ1v) is 8.24. The number of carbonyl (C=O) groups is 2. The summed E-state index contributed by atoms with van der Waals surface area (Å²) in [6.45, 7) is 6.16. The molecule has 0 radical (unpaired) electrons. The Hall–Kier alpha value is -2.28. The van der Waals surface area contributed by atoms with E-state index in [1.807, 2.05) is 24.3 Å². The normalized spacial score (nSPS) is 12.8. The van der Waals surface area contributed by atoms with Crippen LogP contribution in [0.4, 0.5) is 9.59 Å². The number of ether oxygens (including phenoxy) is 4. The van der Waals surface area contributed by atoms with Crippen LogP contribution >= 0.6 is 0 Å². The van der Waals surface area contributed by atoms with E-state index in [1.54, 1.807) is 6.92 Å². The molecule has 0 spiro atoms. The molecule has 1 aromatic rings. The quantitative estimate of drug-likeness (QED) is 0.662. The van der Waals surface area contributed by atoms with Crippen LogP contribution in [0.25, 0.3) is 0 Å². The molecule has 0 N–H and O–H groups in total. The predicted molar refractivity (Wildman–Crippen MR) is 92.7 cm³/mol. The standard InChI is InChI=1S/C18H27NO6/c1-6-13(2)15-7-9-16(10-8-15)25-14(3)24-12-11-19(17(20)22-4)18(21)23-5/h7-10,13-14H,6,11-12H2,1-5H3. The van der Waals surface area contributed by atoms with E-state index in [-0.39, 0.29) is 13.2 Å². The van der Waals surface area contributed by atoms with Gasteiger partial charge >= 0.3 is 12.2 Å². The minimum absolute atomic E-state index is 0.000000786. The molecule has 7 nitrogen and oxygen atoms in total. The van der Waals surface area contributed by atoms with Gasteiger partial charge in [-0.1, -0.05) is 26.0 Å². The number of hydrogen-bond donors (Lipinski definition) is 0. The summed E-state index contributed by atoms with van der Waals surface area (Å²) in [6.07, 6.45) is -1.06. The summed E-state index contributed by atoms with van der Waals surface area (Å²) in [5.74, 6) is 1.20. The smallest absolute Gasteiger partial charge is 0.419 e. The summed E-state index contributed by atoms with van der Waals surface area (Å²) in [4.78, 5) is 23.8. The molecule has 0 fully saturated rings. The molecule has 0 saturated carbocycles. The fraction of sp³-hybridized carbons (Fsp3) is 0.556. The van der Waals surface area contributed by atoms with Crippen molar-refractivity contribution in [3.63, 3.8) is 0 Å². The Morgan fingerprint density at radius 2 is 1.60 bits per heavy atom. The molecule has 0 aliphatic carbocycles. The SMILES string of the molecule is CCC(C)c1ccc(OC(C)OCCN(C(=O)OC)C(=O)OC)cc1. The maximum absolute atomic E-state index is 11.5. The Bertz CT molecular complexity index is 529. The second-order valence-corrected chi connectivity index (χ2v) is 5.53. The van der Waals surface area contributed by atoms with Crippen molar-refractivity contribution in [2.24, 2.45) is 0 Å². The summed E-state index contributed by atoms with van der Waals surface area (Å²) in [7, 11) is 2.38. The Balaban J connectivity index is 2.47. The van der Waals surface area contributed by atoms with Crippen LogP contribution in [-0.2, 0) is 14.2 Å². The Labute approximate surface area is 148 Å². The van der Waals surface area contributed by atoms with Crippen LogP contribution in [0.2, 0.25) is 0 Å². The summed E-state index contributed by atoms with van der Waals surface area (Å²) in [5.41, 5.74) is 1.26. The number of rotatable bonds is 8. The van der Waals surface area contributed by atoms with Crippen LogP contribution in [0.5, 0.6) is 5.75 Å². The molecule has 2 unspecified atom stereocenters. The van der Waals surface area contributed by atoms with Gasteiger partial charge in [-0.15, -0.1) is 0 Å². The minimum Gasteiger partial charge on any atom is -0.465 e. The molecule has 7 heteroatoms. The van der Waals surface area contributed by atoms with Crippen molar-refractivity contribution < 1.29 is 28.5 Å². The summed E-state index contributed by atoms with van der Waals surface area (Å²) in [6, 6.07) is 7.87. The van der Waals surface area contributed by atoms with Gasteiger partial charge in [0.05, 0.1) is 27.4 Å². The molecule has 0 aromatic heterocycles. The Morgan fingerprint density at radius 3 is 2.08 bits per heavy atom. The lowest BCUT2D eigenvalue weighted by atomic mass is 9.99. The van der Waals surface area contributed by atoms with Gasteiger partial charge in [-0.05, 0) is 37.0 Å². The molecule has 25 heavy (non-hydrogen) atoms. The molecule has 0 bridgehead atoms. The number of imide groups is 1. The third-order valence-corrected chi connectivity index (χ3v) is 3.82. The first-order chi connectivity index (χ1) is 11.9. The molecule has 0 aliphatic rings. The summed E-state index contributed by atoms with van der Waals surface area (Å²) >= 11 is 0. The Kier molecular flexibility index (Phi) is 8.77. The first-order valence-electron chi connectivity index (χ1n) is 8.24. The van der Waals surface area contributed by atoms with E-state index in [9.17, 15) is 9.59 Å². The summed E-state index contributed by atoms with van der Waals surface area (Å²) < 4.78 is 20.2. The van der Waals surface area contributed by atoms with Crippen LogP contribution in [0, 0.1) is 0 Å². The zero-order valence-electron chi connectivity index (χ0n) is 15.5. The van der Waals surface area contributed by atoms with Gasteiger partial charge in [-0.3, -0.25) is 0 Å².